The van der Waals surface area contributed by atoms with Crippen LogP contribution in [0.2, 0.25) is 0 Å². The molecule has 3 nitrogen and oxygen atoms in total. The third-order valence-electron chi connectivity index (χ3n) is 2.90. The summed E-state index contributed by atoms with van der Waals surface area (Å²) < 4.78 is 1.07. The quantitative estimate of drug-likeness (QED) is 0.846. The maximum atomic E-state index is 9.13. The number of rotatable bonds is 6. The lowest BCUT2D eigenvalue weighted by molar-refractivity contribution is 0.121. The Morgan fingerprint density at radius 3 is 2.29 bits per heavy atom. The van der Waals surface area contributed by atoms with Crippen LogP contribution in [0, 0.1) is 0 Å². The van der Waals surface area contributed by atoms with Gasteiger partial charge in [-0.15, -0.1) is 0 Å². The fourth-order valence-corrected chi connectivity index (χ4v) is 2.30. The van der Waals surface area contributed by atoms with Gasteiger partial charge in [-0.3, -0.25) is 4.90 Å². The minimum absolute atomic E-state index is 0.158. The van der Waals surface area contributed by atoms with Gasteiger partial charge in [0.2, 0.25) is 0 Å². The van der Waals surface area contributed by atoms with Crippen LogP contribution in [0.5, 0.6) is 0 Å². The molecule has 0 saturated heterocycles. The maximum Gasteiger partial charge on any atom is 0.0558 e. The summed E-state index contributed by atoms with van der Waals surface area (Å²) in [4.78, 5) is 2.23. The number of halogens is 1. The van der Waals surface area contributed by atoms with E-state index in [0.29, 0.717) is 19.1 Å². The smallest absolute Gasteiger partial charge is 0.0558 e. The van der Waals surface area contributed by atoms with Crippen molar-refractivity contribution in [2.24, 2.45) is 5.73 Å². The molecule has 0 radical (unpaired) electrons. The van der Waals surface area contributed by atoms with Crippen LogP contribution in [0.3, 0.4) is 0 Å². The van der Waals surface area contributed by atoms with E-state index in [0.717, 1.165) is 4.47 Å². The van der Waals surface area contributed by atoms with Crippen LogP contribution < -0.4 is 5.73 Å². The zero-order chi connectivity index (χ0) is 12.8. The van der Waals surface area contributed by atoms with Gasteiger partial charge >= 0.3 is 0 Å². The number of hydrogen-bond donors (Lipinski definition) is 2. The topological polar surface area (TPSA) is 49.5 Å². The lowest BCUT2D eigenvalue weighted by Gasteiger charge is -2.34. The molecule has 0 amide bonds. The number of nitrogens with two attached hydrogens (primary N) is 1. The summed E-state index contributed by atoms with van der Waals surface area (Å²) in [6.07, 6.45) is 0. The molecule has 4 heteroatoms. The summed E-state index contributed by atoms with van der Waals surface area (Å²) >= 11 is 3.43. The van der Waals surface area contributed by atoms with Crippen LogP contribution >= 0.6 is 15.9 Å². The first-order valence-electron chi connectivity index (χ1n) is 5.92. The van der Waals surface area contributed by atoms with Crippen LogP contribution in [-0.4, -0.2) is 35.7 Å². The van der Waals surface area contributed by atoms with E-state index >= 15 is 0 Å². The van der Waals surface area contributed by atoms with Gasteiger partial charge in [0, 0.05) is 29.6 Å². The Bertz CT molecular complexity index is 327. The highest BCUT2D eigenvalue weighted by Gasteiger charge is 2.20. The number of nitrogens with zero attached hydrogens (tertiary/aromatic N) is 1. The molecule has 0 fully saturated rings. The fraction of sp³-hybridized carbons (Fsp3) is 0.538. The maximum absolute atomic E-state index is 9.13. The van der Waals surface area contributed by atoms with Gasteiger partial charge < -0.3 is 10.8 Å². The molecule has 0 aliphatic carbocycles. The summed E-state index contributed by atoms with van der Waals surface area (Å²) in [5, 5.41) is 9.13. The van der Waals surface area contributed by atoms with Crippen LogP contribution in [0.15, 0.2) is 28.7 Å². The normalized spacial score (nSPS) is 13.4. The average molecular weight is 301 g/mol. The molecule has 0 heterocycles. The zero-order valence-corrected chi connectivity index (χ0v) is 12.0. The predicted molar refractivity (Wildman–Crippen MR) is 74.9 cm³/mol. The predicted octanol–water partition coefficient (Wildman–Crippen LogP) is 2.15. The van der Waals surface area contributed by atoms with E-state index in [2.05, 4.69) is 46.8 Å². The molecule has 3 N–H and O–H groups in total. The van der Waals surface area contributed by atoms with Crippen molar-refractivity contribution in [1.82, 2.24) is 4.90 Å². The van der Waals surface area contributed by atoms with Gasteiger partial charge in [-0.1, -0.05) is 28.1 Å². The summed E-state index contributed by atoms with van der Waals surface area (Å²) in [6, 6.07) is 8.72. The van der Waals surface area contributed by atoms with E-state index in [1.807, 2.05) is 12.1 Å². The lowest BCUT2D eigenvalue weighted by Crippen LogP contribution is -2.40. The van der Waals surface area contributed by atoms with Crippen molar-refractivity contribution in [2.45, 2.75) is 25.9 Å². The second kappa shape index (κ2) is 7.11. The van der Waals surface area contributed by atoms with Crippen molar-refractivity contribution in [3.05, 3.63) is 34.3 Å². The molecular formula is C13H21BrN2O. The number of benzene rings is 1. The van der Waals surface area contributed by atoms with Crippen molar-refractivity contribution in [1.29, 1.82) is 0 Å². The largest absolute Gasteiger partial charge is 0.395 e. The second-order valence-corrected chi connectivity index (χ2v) is 5.27. The molecule has 0 aromatic heterocycles. The van der Waals surface area contributed by atoms with Crippen molar-refractivity contribution in [3.63, 3.8) is 0 Å². The molecule has 0 bridgehead atoms. The first kappa shape index (κ1) is 14.6. The number of aliphatic hydroxyl groups excluding tert-OH is 1. The molecule has 1 atom stereocenters. The molecular weight excluding hydrogens is 280 g/mol. The average Bonchev–Trinajstić information content (AvgIpc) is 2.31. The van der Waals surface area contributed by atoms with Gasteiger partial charge in [-0.25, -0.2) is 0 Å². The van der Waals surface area contributed by atoms with E-state index in [4.69, 9.17) is 10.8 Å². The third kappa shape index (κ3) is 4.07. The molecule has 1 aromatic rings. The summed E-state index contributed by atoms with van der Waals surface area (Å²) in [7, 11) is 0. The van der Waals surface area contributed by atoms with Gasteiger partial charge in [0.15, 0.2) is 0 Å². The molecule has 17 heavy (non-hydrogen) atoms. The van der Waals surface area contributed by atoms with Gasteiger partial charge in [-0.2, -0.15) is 0 Å². The van der Waals surface area contributed by atoms with Gasteiger partial charge in [0.1, 0.15) is 0 Å². The van der Waals surface area contributed by atoms with E-state index in [1.54, 1.807) is 0 Å². The first-order chi connectivity index (χ1) is 8.10. The molecule has 0 aliphatic heterocycles. The Labute approximate surface area is 112 Å². The van der Waals surface area contributed by atoms with E-state index in [1.165, 1.54) is 5.56 Å². The minimum atomic E-state index is 0.158. The number of aliphatic hydroxyl groups is 1. The Morgan fingerprint density at radius 2 is 1.88 bits per heavy atom. The Morgan fingerprint density at radius 1 is 1.29 bits per heavy atom. The molecule has 96 valence electrons. The molecule has 0 aliphatic rings. The van der Waals surface area contributed by atoms with Crippen molar-refractivity contribution >= 4 is 15.9 Å². The summed E-state index contributed by atoms with van der Waals surface area (Å²) in [5.74, 6) is 0. The summed E-state index contributed by atoms with van der Waals surface area (Å²) in [5.41, 5.74) is 7.07. The molecule has 1 aromatic carbocycles. The van der Waals surface area contributed by atoms with Gasteiger partial charge in [0.05, 0.1) is 6.61 Å². The Hall–Kier alpha value is -0.420. The van der Waals surface area contributed by atoms with Gasteiger partial charge in [0.25, 0.3) is 0 Å². The fourth-order valence-electron chi connectivity index (χ4n) is 2.04. The third-order valence-corrected chi connectivity index (χ3v) is 3.43. The highest BCUT2D eigenvalue weighted by molar-refractivity contribution is 9.10. The molecule has 0 spiro atoms. The molecule has 1 rings (SSSR count). The van der Waals surface area contributed by atoms with E-state index in [-0.39, 0.29) is 12.6 Å². The second-order valence-electron chi connectivity index (χ2n) is 4.36. The summed E-state index contributed by atoms with van der Waals surface area (Å²) in [6.45, 7) is 5.61. The Kier molecular flexibility index (Phi) is 6.12. The van der Waals surface area contributed by atoms with Crippen molar-refractivity contribution in [2.75, 3.05) is 19.7 Å². The van der Waals surface area contributed by atoms with E-state index in [9.17, 15) is 0 Å². The van der Waals surface area contributed by atoms with Crippen molar-refractivity contribution in [3.8, 4) is 0 Å². The molecule has 1 unspecified atom stereocenters. The van der Waals surface area contributed by atoms with Crippen LogP contribution in [0.1, 0.15) is 25.5 Å². The zero-order valence-electron chi connectivity index (χ0n) is 10.4. The first-order valence-corrected chi connectivity index (χ1v) is 6.71. The van der Waals surface area contributed by atoms with E-state index < -0.39 is 0 Å². The van der Waals surface area contributed by atoms with Crippen LogP contribution in [-0.2, 0) is 0 Å². The standard InChI is InChI=1S/C13H21BrN2O/c1-10(2)16(7-8-17)13(9-15)11-3-5-12(14)6-4-11/h3-6,10,13,17H,7-9,15H2,1-2H3. The highest BCUT2D eigenvalue weighted by atomic mass is 79.9. The van der Waals surface area contributed by atoms with Crippen molar-refractivity contribution < 1.29 is 5.11 Å². The van der Waals surface area contributed by atoms with Crippen LogP contribution in [0.4, 0.5) is 0 Å². The van der Waals surface area contributed by atoms with Crippen LogP contribution in [0.25, 0.3) is 0 Å². The minimum Gasteiger partial charge on any atom is -0.395 e. The molecule has 0 saturated carbocycles. The van der Waals surface area contributed by atoms with Gasteiger partial charge in [-0.05, 0) is 31.5 Å². The monoisotopic (exact) mass is 300 g/mol. The SMILES string of the molecule is CC(C)N(CCO)C(CN)c1ccc(Br)cc1. The lowest BCUT2D eigenvalue weighted by atomic mass is 10.0. The Balaban J connectivity index is 2.91. The number of hydrogen-bond acceptors (Lipinski definition) is 3. The highest BCUT2D eigenvalue weighted by Crippen LogP contribution is 2.23.